The van der Waals surface area contributed by atoms with Crippen molar-refractivity contribution in [1.29, 1.82) is 0 Å². The van der Waals surface area contributed by atoms with E-state index in [1.807, 2.05) is 30.3 Å². The molecule has 3 aromatic rings. The third-order valence-electron chi connectivity index (χ3n) is 4.14. The molecule has 3 rings (SSSR count). The molecule has 7 heteroatoms. The number of carbonyl (C=O) groups is 1. The normalized spacial score (nSPS) is 11.8. The lowest BCUT2D eigenvalue weighted by Crippen LogP contribution is -2.33. The van der Waals surface area contributed by atoms with E-state index in [-0.39, 0.29) is 31.7 Å². The minimum Gasteiger partial charge on any atom is -0.491 e. The lowest BCUT2D eigenvalue weighted by atomic mass is 10.0. The van der Waals surface area contributed by atoms with Crippen LogP contribution in [0.1, 0.15) is 22.0 Å². The Bertz CT molecular complexity index is 866. The van der Waals surface area contributed by atoms with E-state index >= 15 is 0 Å². The Morgan fingerprint density at radius 3 is 2.74 bits per heavy atom. The second-order valence-corrected chi connectivity index (χ2v) is 5.94. The Labute approximate surface area is 157 Å². The SMILES string of the molecule is NCC(NC(=O)c1ccc(-c2cn[nH]c2)c(OCCO)c1)c1ccccc1. The molecule has 1 heterocycles. The number of amides is 1. The maximum Gasteiger partial charge on any atom is 0.251 e. The van der Waals surface area contributed by atoms with Gasteiger partial charge in [-0.05, 0) is 23.8 Å². The fourth-order valence-electron chi connectivity index (χ4n) is 2.78. The number of hydrogen-bond donors (Lipinski definition) is 4. The van der Waals surface area contributed by atoms with Crippen LogP contribution in [-0.4, -0.2) is 41.0 Å². The van der Waals surface area contributed by atoms with Crippen LogP contribution in [0.15, 0.2) is 60.9 Å². The number of nitrogens with zero attached hydrogens (tertiary/aromatic N) is 1. The van der Waals surface area contributed by atoms with Crippen molar-refractivity contribution in [2.45, 2.75) is 6.04 Å². The first-order valence-corrected chi connectivity index (χ1v) is 8.65. The second-order valence-electron chi connectivity index (χ2n) is 5.94. The van der Waals surface area contributed by atoms with Crippen LogP contribution in [0.4, 0.5) is 0 Å². The van der Waals surface area contributed by atoms with Gasteiger partial charge in [0.1, 0.15) is 12.4 Å². The molecule has 140 valence electrons. The molecule has 0 aliphatic carbocycles. The van der Waals surface area contributed by atoms with E-state index in [1.54, 1.807) is 30.6 Å². The zero-order valence-corrected chi connectivity index (χ0v) is 14.8. The number of hydrogen-bond acceptors (Lipinski definition) is 5. The van der Waals surface area contributed by atoms with E-state index < -0.39 is 0 Å². The highest BCUT2D eigenvalue weighted by Crippen LogP contribution is 2.30. The van der Waals surface area contributed by atoms with Gasteiger partial charge in [0.25, 0.3) is 5.91 Å². The molecule has 0 spiro atoms. The van der Waals surface area contributed by atoms with E-state index in [9.17, 15) is 4.79 Å². The van der Waals surface area contributed by atoms with E-state index in [1.165, 1.54) is 0 Å². The number of benzene rings is 2. The standard InChI is InChI=1S/C20H22N4O3/c21-11-18(14-4-2-1-3-5-14)24-20(26)15-6-7-17(16-12-22-23-13-16)19(10-15)27-9-8-25/h1-7,10,12-13,18,25H,8-9,11,21H2,(H,22,23)(H,24,26). The molecule has 0 saturated carbocycles. The van der Waals surface area contributed by atoms with Crippen LogP contribution in [0.2, 0.25) is 0 Å². The summed E-state index contributed by atoms with van der Waals surface area (Å²) in [6, 6.07) is 14.5. The topological polar surface area (TPSA) is 113 Å². The second kappa shape index (κ2) is 8.98. The molecule has 0 fully saturated rings. The predicted molar refractivity (Wildman–Crippen MR) is 102 cm³/mol. The van der Waals surface area contributed by atoms with Crippen LogP contribution in [0, 0.1) is 0 Å². The minimum atomic E-state index is -0.283. The fraction of sp³-hybridized carbons (Fsp3) is 0.200. The monoisotopic (exact) mass is 366 g/mol. The lowest BCUT2D eigenvalue weighted by molar-refractivity contribution is 0.0937. The Morgan fingerprint density at radius 2 is 2.07 bits per heavy atom. The third-order valence-corrected chi connectivity index (χ3v) is 4.14. The number of aromatic amines is 1. The van der Waals surface area contributed by atoms with Crippen LogP contribution in [-0.2, 0) is 0 Å². The molecular formula is C20H22N4O3. The van der Waals surface area contributed by atoms with Crippen molar-refractivity contribution in [3.63, 3.8) is 0 Å². The van der Waals surface area contributed by atoms with Gasteiger partial charge < -0.3 is 20.9 Å². The Morgan fingerprint density at radius 1 is 1.26 bits per heavy atom. The minimum absolute atomic E-state index is 0.121. The van der Waals surface area contributed by atoms with Crippen LogP contribution in [0.5, 0.6) is 5.75 Å². The van der Waals surface area contributed by atoms with Gasteiger partial charge in [-0.2, -0.15) is 5.10 Å². The zero-order valence-electron chi connectivity index (χ0n) is 14.8. The summed E-state index contributed by atoms with van der Waals surface area (Å²) < 4.78 is 5.62. The fourth-order valence-corrected chi connectivity index (χ4v) is 2.78. The maximum absolute atomic E-state index is 12.7. The van der Waals surface area contributed by atoms with Gasteiger partial charge in [-0.3, -0.25) is 9.89 Å². The van der Waals surface area contributed by atoms with Gasteiger partial charge in [0.15, 0.2) is 0 Å². The molecule has 2 aromatic carbocycles. The molecule has 0 aliphatic rings. The van der Waals surface area contributed by atoms with Crippen LogP contribution < -0.4 is 15.8 Å². The molecule has 1 aromatic heterocycles. The van der Waals surface area contributed by atoms with E-state index in [2.05, 4.69) is 15.5 Å². The number of aromatic nitrogens is 2. The molecule has 0 radical (unpaired) electrons. The van der Waals surface area contributed by atoms with Crippen LogP contribution in [0.3, 0.4) is 0 Å². The molecule has 0 bridgehead atoms. The zero-order chi connectivity index (χ0) is 19.1. The Balaban J connectivity index is 1.84. The summed E-state index contributed by atoms with van der Waals surface area (Å²) in [5.74, 6) is 0.254. The van der Waals surface area contributed by atoms with Crippen molar-refractivity contribution < 1.29 is 14.6 Å². The van der Waals surface area contributed by atoms with Gasteiger partial charge >= 0.3 is 0 Å². The molecule has 27 heavy (non-hydrogen) atoms. The first kappa shape index (κ1) is 18.6. The first-order chi connectivity index (χ1) is 13.2. The van der Waals surface area contributed by atoms with Crippen LogP contribution in [0.25, 0.3) is 11.1 Å². The van der Waals surface area contributed by atoms with Gasteiger partial charge in [-0.1, -0.05) is 30.3 Å². The number of carbonyl (C=O) groups excluding carboxylic acids is 1. The largest absolute Gasteiger partial charge is 0.491 e. The van der Waals surface area contributed by atoms with Gasteiger partial charge in [0.05, 0.1) is 18.8 Å². The molecular weight excluding hydrogens is 344 g/mol. The number of nitrogens with two attached hydrogens (primary N) is 1. The first-order valence-electron chi connectivity index (χ1n) is 8.65. The molecule has 0 aliphatic heterocycles. The van der Waals surface area contributed by atoms with Gasteiger partial charge in [-0.25, -0.2) is 0 Å². The van der Waals surface area contributed by atoms with Crippen molar-refractivity contribution in [2.24, 2.45) is 5.73 Å². The average molecular weight is 366 g/mol. The number of ether oxygens (including phenoxy) is 1. The summed E-state index contributed by atoms with van der Waals surface area (Å²) >= 11 is 0. The van der Waals surface area contributed by atoms with E-state index in [0.29, 0.717) is 11.3 Å². The summed E-state index contributed by atoms with van der Waals surface area (Å²) in [6.07, 6.45) is 3.40. The van der Waals surface area contributed by atoms with Crippen molar-refractivity contribution >= 4 is 5.91 Å². The van der Waals surface area contributed by atoms with Crippen molar-refractivity contribution in [1.82, 2.24) is 15.5 Å². The maximum atomic E-state index is 12.7. The Kier molecular flexibility index (Phi) is 6.19. The summed E-state index contributed by atoms with van der Waals surface area (Å²) in [6.45, 7) is 0.298. The summed E-state index contributed by atoms with van der Waals surface area (Å²) in [5.41, 5.74) is 8.85. The lowest BCUT2D eigenvalue weighted by Gasteiger charge is -2.18. The molecule has 1 unspecified atom stereocenters. The molecule has 7 nitrogen and oxygen atoms in total. The van der Waals surface area contributed by atoms with Gasteiger partial charge in [0, 0.05) is 29.4 Å². The van der Waals surface area contributed by atoms with E-state index in [4.69, 9.17) is 15.6 Å². The number of nitrogens with one attached hydrogen (secondary N) is 2. The molecule has 5 N–H and O–H groups in total. The third kappa shape index (κ3) is 4.52. The quantitative estimate of drug-likeness (QED) is 0.486. The number of aliphatic hydroxyl groups is 1. The molecule has 0 saturated heterocycles. The predicted octanol–water partition coefficient (Wildman–Crippen LogP) is 1.88. The van der Waals surface area contributed by atoms with Crippen molar-refractivity contribution in [2.75, 3.05) is 19.8 Å². The Hall–Kier alpha value is -3.16. The molecule has 1 atom stereocenters. The average Bonchev–Trinajstić information content (AvgIpc) is 3.25. The number of H-pyrrole nitrogens is 1. The summed E-state index contributed by atoms with van der Waals surface area (Å²) in [5, 5.41) is 18.7. The van der Waals surface area contributed by atoms with Crippen LogP contribution >= 0.6 is 0 Å². The number of rotatable bonds is 8. The van der Waals surface area contributed by atoms with Crippen molar-refractivity contribution in [3.05, 3.63) is 72.1 Å². The highest BCUT2D eigenvalue weighted by atomic mass is 16.5. The van der Waals surface area contributed by atoms with Crippen molar-refractivity contribution in [3.8, 4) is 16.9 Å². The highest BCUT2D eigenvalue weighted by molar-refractivity contribution is 5.95. The smallest absolute Gasteiger partial charge is 0.251 e. The molecule has 1 amide bonds. The summed E-state index contributed by atoms with van der Waals surface area (Å²) in [7, 11) is 0. The highest BCUT2D eigenvalue weighted by Gasteiger charge is 2.17. The van der Waals surface area contributed by atoms with E-state index in [0.717, 1.165) is 16.7 Å². The van der Waals surface area contributed by atoms with Gasteiger partial charge in [0.2, 0.25) is 0 Å². The van der Waals surface area contributed by atoms with Gasteiger partial charge in [-0.15, -0.1) is 0 Å². The number of aliphatic hydroxyl groups excluding tert-OH is 1. The summed E-state index contributed by atoms with van der Waals surface area (Å²) in [4.78, 5) is 12.7.